The van der Waals surface area contributed by atoms with Crippen LogP contribution in [0.4, 0.5) is 4.79 Å². The van der Waals surface area contributed by atoms with E-state index in [1.807, 2.05) is 28.0 Å². The maximum atomic E-state index is 12.5. The largest absolute Gasteiger partial charge is 0.355 e. The molecule has 2 heterocycles. The van der Waals surface area contributed by atoms with Crippen molar-refractivity contribution in [3.63, 3.8) is 0 Å². The Labute approximate surface area is 144 Å². The Balaban J connectivity index is 1.45. The van der Waals surface area contributed by atoms with Gasteiger partial charge in [0.25, 0.3) is 0 Å². The molecule has 3 amide bonds. The van der Waals surface area contributed by atoms with E-state index in [1.54, 1.807) is 0 Å². The fourth-order valence-corrected chi connectivity index (χ4v) is 3.59. The molecular weight excluding hydrogens is 302 g/mol. The van der Waals surface area contributed by atoms with Gasteiger partial charge in [-0.1, -0.05) is 30.3 Å². The van der Waals surface area contributed by atoms with E-state index in [0.717, 1.165) is 51.7 Å². The average Bonchev–Trinajstić information content (AvgIpc) is 3.16. The minimum Gasteiger partial charge on any atom is -0.355 e. The van der Waals surface area contributed by atoms with Gasteiger partial charge in [-0.15, -0.1) is 0 Å². The summed E-state index contributed by atoms with van der Waals surface area (Å²) in [4.78, 5) is 28.7. The summed E-state index contributed by atoms with van der Waals surface area (Å²) in [6.45, 7) is 3.72. The van der Waals surface area contributed by atoms with Crippen molar-refractivity contribution in [3.8, 4) is 0 Å². The van der Waals surface area contributed by atoms with Crippen molar-refractivity contribution in [2.75, 3.05) is 32.7 Å². The maximum absolute atomic E-state index is 12.5. The number of urea groups is 1. The predicted octanol–water partition coefficient (Wildman–Crippen LogP) is 2.27. The Morgan fingerprint density at radius 2 is 1.71 bits per heavy atom. The number of nitrogens with zero attached hydrogens (tertiary/aromatic N) is 2. The molecule has 0 aromatic heterocycles. The molecule has 2 saturated heterocycles. The molecule has 3 rings (SSSR count). The van der Waals surface area contributed by atoms with Crippen LogP contribution >= 0.6 is 0 Å². The third-order valence-corrected chi connectivity index (χ3v) is 5.00. The summed E-state index contributed by atoms with van der Waals surface area (Å²) in [5.74, 6) is 0.0194. The molecule has 0 aliphatic carbocycles. The Morgan fingerprint density at radius 3 is 2.46 bits per heavy atom. The van der Waals surface area contributed by atoms with Crippen LogP contribution in [-0.2, 0) is 11.2 Å². The zero-order chi connectivity index (χ0) is 16.8. The molecule has 0 radical (unpaired) electrons. The number of carbonyl (C=O) groups excluding carboxylic acids is 2. The number of rotatable bonds is 4. The van der Waals surface area contributed by atoms with Crippen LogP contribution in [0.2, 0.25) is 0 Å². The lowest BCUT2D eigenvalue weighted by atomic mass is 9.97. The first-order valence-corrected chi connectivity index (χ1v) is 9.09. The van der Waals surface area contributed by atoms with Gasteiger partial charge in [0.05, 0.1) is 5.92 Å². The molecule has 2 aliphatic heterocycles. The monoisotopic (exact) mass is 329 g/mol. The number of likely N-dealkylation sites (tertiary alicyclic amines) is 2. The van der Waals surface area contributed by atoms with E-state index >= 15 is 0 Å². The predicted molar refractivity (Wildman–Crippen MR) is 93.7 cm³/mol. The molecule has 1 aromatic carbocycles. The SMILES string of the molecule is O=C(NCCc1ccccc1)C1CCCN(C(=O)N2CCCC2)C1. The number of amides is 3. The number of hydrogen-bond donors (Lipinski definition) is 1. The zero-order valence-electron chi connectivity index (χ0n) is 14.2. The topological polar surface area (TPSA) is 52.7 Å². The van der Waals surface area contributed by atoms with E-state index < -0.39 is 0 Å². The molecule has 1 atom stereocenters. The standard InChI is InChI=1S/C19H27N3O2/c23-18(20-11-10-16-7-2-1-3-8-16)17-9-6-14-22(15-17)19(24)21-12-4-5-13-21/h1-3,7-8,17H,4-6,9-15H2,(H,20,23). The van der Waals surface area contributed by atoms with E-state index in [0.29, 0.717) is 13.1 Å². The van der Waals surface area contributed by atoms with Gasteiger partial charge in [0, 0.05) is 32.7 Å². The lowest BCUT2D eigenvalue weighted by molar-refractivity contribution is -0.126. The van der Waals surface area contributed by atoms with Gasteiger partial charge in [-0.2, -0.15) is 0 Å². The van der Waals surface area contributed by atoms with Crippen LogP contribution in [0.1, 0.15) is 31.2 Å². The second-order valence-electron chi connectivity index (χ2n) is 6.79. The molecule has 130 valence electrons. The molecule has 0 bridgehead atoms. The molecule has 1 N–H and O–H groups in total. The molecule has 1 unspecified atom stereocenters. The first-order valence-electron chi connectivity index (χ1n) is 9.09. The lowest BCUT2D eigenvalue weighted by Crippen LogP contribution is -2.49. The molecule has 5 heteroatoms. The molecule has 2 fully saturated rings. The van der Waals surface area contributed by atoms with Crippen LogP contribution < -0.4 is 5.32 Å². The molecule has 1 aromatic rings. The summed E-state index contributed by atoms with van der Waals surface area (Å²) in [6, 6.07) is 10.3. The number of hydrogen-bond acceptors (Lipinski definition) is 2. The molecular formula is C19H27N3O2. The van der Waals surface area contributed by atoms with Crippen LogP contribution in [-0.4, -0.2) is 54.5 Å². The summed E-state index contributed by atoms with van der Waals surface area (Å²) in [5, 5.41) is 3.04. The lowest BCUT2D eigenvalue weighted by Gasteiger charge is -2.34. The van der Waals surface area contributed by atoms with E-state index in [4.69, 9.17) is 0 Å². The van der Waals surface area contributed by atoms with Gasteiger partial charge < -0.3 is 15.1 Å². The highest BCUT2D eigenvalue weighted by Crippen LogP contribution is 2.20. The third kappa shape index (κ3) is 4.28. The van der Waals surface area contributed by atoms with Gasteiger partial charge in [0.2, 0.25) is 5.91 Å². The van der Waals surface area contributed by atoms with Gasteiger partial charge >= 0.3 is 6.03 Å². The molecule has 5 nitrogen and oxygen atoms in total. The molecule has 2 aliphatic rings. The van der Waals surface area contributed by atoms with Gasteiger partial charge in [0.1, 0.15) is 0 Å². The summed E-state index contributed by atoms with van der Waals surface area (Å²) in [7, 11) is 0. The van der Waals surface area contributed by atoms with Crippen LogP contribution in [0.15, 0.2) is 30.3 Å². The fourth-order valence-electron chi connectivity index (χ4n) is 3.59. The van der Waals surface area contributed by atoms with Gasteiger partial charge in [-0.3, -0.25) is 4.79 Å². The molecule has 0 saturated carbocycles. The van der Waals surface area contributed by atoms with Crippen molar-refractivity contribution in [3.05, 3.63) is 35.9 Å². The average molecular weight is 329 g/mol. The number of benzene rings is 1. The number of piperidine rings is 1. The Kier molecular flexibility index (Phi) is 5.72. The van der Waals surface area contributed by atoms with Crippen molar-refractivity contribution in [1.82, 2.24) is 15.1 Å². The molecule has 24 heavy (non-hydrogen) atoms. The Morgan fingerprint density at radius 1 is 1.00 bits per heavy atom. The van der Waals surface area contributed by atoms with Crippen molar-refractivity contribution >= 4 is 11.9 Å². The summed E-state index contributed by atoms with van der Waals surface area (Å²) >= 11 is 0. The fraction of sp³-hybridized carbons (Fsp3) is 0.579. The van der Waals surface area contributed by atoms with E-state index in [2.05, 4.69) is 17.4 Å². The van der Waals surface area contributed by atoms with Gasteiger partial charge in [-0.05, 0) is 37.7 Å². The summed E-state index contributed by atoms with van der Waals surface area (Å²) in [5.41, 5.74) is 1.23. The summed E-state index contributed by atoms with van der Waals surface area (Å²) in [6.07, 6.45) is 4.83. The van der Waals surface area contributed by atoms with Crippen molar-refractivity contribution in [1.29, 1.82) is 0 Å². The second-order valence-corrected chi connectivity index (χ2v) is 6.79. The van der Waals surface area contributed by atoms with Crippen molar-refractivity contribution in [2.24, 2.45) is 5.92 Å². The van der Waals surface area contributed by atoms with Gasteiger partial charge in [0.15, 0.2) is 0 Å². The quantitative estimate of drug-likeness (QED) is 0.921. The smallest absolute Gasteiger partial charge is 0.320 e. The van der Waals surface area contributed by atoms with E-state index in [-0.39, 0.29) is 17.9 Å². The Hall–Kier alpha value is -2.04. The van der Waals surface area contributed by atoms with Crippen molar-refractivity contribution < 1.29 is 9.59 Å². The highest BCUT2D eigenvalue weighted by Gasteiger charge is 2.31. The highest BCUT2D eigenvalue weighted by molar-refractivity contribution is 5.81. The van der Waals surface area contributed by atoms with Crippen LogP contribution in [0, 0.1) is 5.92 Å². The van der Waals surface area contributed by atoms with E-state index in [9.17, 15) is 9.59 Å². The normalized spacial score (nSPS) is 20.9. The minimum atomic E-state index is -0.0684. The highest BCUT2D eigenvalue weighted by atomic mass is 16.2. The minimum absolute atomic E-state index is 0.0684. The second kappa shape index (κ2) is 8.18. The van der Waals surface area contributed by atoms with Crippen LogP contribution in [0.5, 0.6) is 0 Å². The first-order chi connectivity index (χ1) is 11.7. The van der Waals surface area contributed by atoms with Crippen LogP contribution in [0.3, 0.4) is 0 Å². The van der Waals surface area contributed by atoms with E-state index in [1.165, 1.54) is 5.56 Å². The zero-order valence-corrected chi connectivity index (χ0v) is 14.2. The first kappa shape index (κ1) is 16.8. The van der Waals surface area contributed by atoms with Crippen LogP contribution in [0.25, 0.3) is 0 Å². The van der Waals surface area contributed by atoms with Gasteiger partial charge in [-0.25, -0.2) is 4.79 Å². The maximum Gasteiger partial charge on any atom is 0.320 e. The Bertz CT molecular complexity index is 555. The third-order valence-electron chi connectivity index (χ3n) is 5.00. The summed E-state index contributed by atoms with van der Waals surface area (Å²) < 4.78 is 0. The molecule has 0 spiro atoms. The van der Waals surface area contributed by atoms with Crippen molar-refractivity contribution in [2.45, 2.75) is 32.1 Å². The number of nitrogens with one attached hydrogen (secondary N) is 1. The number of carbonyl (C=O) groups is 2.